The molecule has 0 radical (unpaired) electrons. The van der Waals surface area contributed by atoms with Gasteiger partial charge in [0.1, 0.15) is 0 Å². The minimum atomic E-state index is 0.120. The van der Waals surface area contributed by atoms with Crippen molar-refractivity contribution in [1.82, 2.24) is 5.32 Å². The Balaban J connectivity index is 2.44. The lowest BCUT2D eigenvalue weighted by molar-refractivity contribution is 0.243. The van der Waals surface area contributed by atoms with Crippen molar-refractivity contribution in [2.24, 2.45) is 0 Å². The summed E-state index contributed by atoms with van der Waals surface area (Å²) in [5.74, 6) is 0. The van der Waals surface area contributed by atoms with Crippen LogP contribution in [-0.4, -0.2) is 17.8 Å². The van der Waals surface area contributed by atoms with Gasteiger partial charge in [0.05, 0.1) is 19.1 Å². The van der Waals surface area contributed by atoms with E-state index in [-0.39, 0.29) is 18.7 Å². The molecule has 3 nitrogen and oxygen atoms in total. The van der Waals surface area contributed by atoms with Gasteiger partial charge in [-0.05, 0) is 19.9 Å². The second kappa shape index (κ2) is 4.28. The van der Waals surface area contributed by atoms with Crippen LogP contribution >= 0.6 is 0 Å². The highest BCUT2D eigenvalue weighted by molar-refractivity contribution is 5.10. The lowest BCUT2D eigenvalue weighted by atomic mass is 10.1. The van der Waals surface area contributed by atoms with Gasteiger partial charge in [-0.25, -0.2) is 0 Å². The predicted octanol–water partition coefficient (Wildman–Crippen LogP) is 1.31. The summed E-state index contributed by atoms with van der Waals surface area (Å²) in [6, 6.07) is 2.27. The number of hydrogen-bond donors (Lipinski definition) is 2. The van der Waals surface area contributed by atoms with Crippen LogP contribution < -0.4 is 5.32 Å². The zero-order valence-electron chi connectivity index (χ0n) is 7.45. The normalized spacial score (nSPS) is 15.9. The molecular formula is C9H15NO2. The Hall–Kier alpha value is -0.800. The largest absolute Gasteiger partial charge is 0.472 e. The Kier molecular flexibility index (Phi) is 3.31. The third-order valence-corrected chi connectivity index (χ3v) is 1.85. The first-order chi connectivity index (χ1) is 5.74. The minimum Gasteiger partial charge on any atom is -0.472 e. The van der Waals surface area contributed by atoms with Crippen LogP contribution in [0.4, 0.5) is 0 Å². The monoisotopic (exact) mass is 169 g/mol. The summed E-state index contributed by atoms with van der Waals surface area (Å²) in [5.41, 5.74) is 1.11. The van der Waals surface area contributed by atoms with Gasteiger partial charge in [-0.3, -0.25) is 0 Å². The Bertz CT molecular complexity index is 208. The fourth-order valence-corrected chi connectivity index (χ4v) is 1.10. The van der Waals surface area contributed by atoms with Crippen molar-refractivity contribution in [2.45, 2.75) is 25.9 Å². The van der Waals surface area contributed by atoms with Crippen LogP contribution in [-0.2, 0) is 0 Å². The summed E-state index contributed by atoms with van der Waals surface area (Å²) >= 11 is 0. The Morgan fingerprint density at radius 3 is 2.83 bits per heavy atom. The first kappa shape index (κ1) is 9.29. The van der Waals surface area contributed by atoms with Gasteiger partial charge in [-0.15, -0.1) is 0 Å². The quantitative estimate of drug-likeness (QED) is 0.714. The minimum absolute atomic E-state index is 0.120. The van der Waals surface area contributed by atoms with Crippen LogP contribution in [0.25, 0.3) is 0 Å². The van der Waals surface area contributed by atoms with Gasteiger partial charge in [-0.1, -0.05) is 0 Å². The second-order valence-corrected chi connectivity index (χ2v) is 3.03. The van der Waals surface area contributed by atoms with Gasteiger partial charge >= 0.3 is 0 Å². The number of hydrogen-bond acceptors (Lipinski definition) is 3. The maximum absolute atomic E-state index is 8.80. The first-order valence-corrected chi connectivity index (χ1v) is 4.13. The average molecular weight is 169 g/mol. The standard InChI is InChI=1S/C9H15NO2/c1-7(5-11)10-8(2)9-3-4-12-6-9/h3-4,6-8,10-11H,5H2,1-2H3. The molecule has 68 valence electrons. The smallest absolute Gasteiger partial charge is 0.0950 e. The third-order valence-electron chi connectivity index (χ3n) is 1.85. The zero-order valence-corrected chi connectivity index (χ0v) is 7.45. The summed E-state index contributed by atoms with van der Waals surface area (Å²) in [4.78, 5) is 0. The molecule has 0 aliphatic carbocycles. The van der Waals surface area contributed by atoms with E-state index in [1.165, 1.54) is 0 Å². The lowest BCUT2D eigenvalue weighted by Gasteiger charge is -2.16. The molecule has 0 spiro atoms. The topological polar surface area (TPSA) is 45.4 Å². The molecule has 0 saturated heterocycles. The van der Waals surface area contributed by atoms with Gasteiger partial charge in [-0.2, -0.15) is 0 Å². The van der Waals surface area contributed by atoms with E-state index in [2.05, 4.69) is 5.32 Å². The lowest BCUT2D eigenvalue weighted by Crippen LogP contribution is -2.31. The first-order valence-electron chi connectivity index (χ1n) is 4.13. The van der Waals surface area contributed by atoms with E-state index in [0.29, 0.717) is 0 Å². The number of aliphatic hydroxyl groups is 1. The van der Waals surface area contributed by atoms with E-state index in [1.54, 1.807) is 12.5 Å². The molecule has 1 aromatic rings. The van der Waals surface area contributed by atoms with Gasteiger partial charge in [0, 0.05) is 17.6 Å². The summed E-state index contributed by atoms with van der Waals surface area (Å²) < 4.78 is 4.95. The van der Waals surface area contributed by atoms with Crippen LogP contribution in [0.2, 0.25) is 0 Å². The number of nitrogens with one attached hydrogen (secondary N) is 1. The molecule has 0 saturated carbocycles. The van der Waals surface area contributed by atoms with Crippen molar-refractivity contribution in [2.75, 3.05) is 6.61 Å². The third kappa shape index (κ3) is 2.36. The van der Waals surface area contributed by atoms with Gasteiger partial charge in [0.25, 0.3) is 0 Å². The van der Waals surface area contributed by atoms with E-state index in [4.69, 9.17) is 9.52 Å². The molecule has 2 unspecified atom stereocenters. The van der Waals surface area contributed by atoms with Crippen molar-refractivity contribution < 1.29 is 9.52 Å². The van der Waals surface area contributed by atoms with Gasteiger partial charge in [0.2, 0.25) is 0 Å². The van der Waals surface area contributed by atoms with Crippen LogP contribution in [0.5, 0.6) is 0 Å². The highest BCUT2D eigenvalue weighted by atomic mass is 16.3. The highest BCUT2D eigenvalue weighted by Crippen LogP contribution is 2.12. The fraction of sp³-hybridized carbons (Fsp3) is 0.556. The molecule has 0 fully saturated rings. The van der Waals surface area contributed by atoms with E-state index in [9.17, 15) is 0 Å². The SMILES string of the molecule is CC(CO)NC(C)c1ccoc1. The molecule has 0 bridgehead atoms. The van der Waals surface area contributed by atoms with Crippen molar-refractivity contribution >= 4 is 0 Å². The van der Waals surface area contributed by atoms with Crippen molar-refractivity contribution in [3.05, 3.63) is 24.2 Å². The second-order valence-electron chi connectivity index (χ2n) is 3.03. The summed E-state index contributed by atoms with van der Waals surface area (Å²) in [6.07, 6.45) is 3.36. The molecule has 1 rings (SSSR count). The van der Waals surface area contributed by atoms with Gasteiger partial charge < -0.3 is 14.8 Å². The molecule has 1 aromatic heterocycles. The molecule has 2 N–H and O–H groups in total. The summed E-state index contributed by atoms with van der Waals surface area (Å²) in [6.45, 7) is 4.13. The molecule has 0 amide bonds. The van der Waals surface area contributed by atoms with Crippen LogP contribution in [0.3, 0.4) is 0 Å². The summed E-state index contributed by atoms with van der Waals surface area (Å²) in [5, 5.41) is 12.0. The van der Waals surface area contributed by atoms with Gasteiger partial charge in [0.15, 0.2) is 0 Å². The van der Waals surface area contributed by atoms with Crippen molar-refractivity contribution in [3.8, 4) is 0 Å². The van der Waals surface area contributed by atoms with Crippen LogP contribution in [0, 0.1) is 0 Å². The average Bonchev–Trinajstić information content (AvgIpc) is 2.56. The highest BCUT2D eigenvalue weighted by Gasteiger charge is 2.08. The van der Waals surface area contributed by atoms with E-state index in [1.807, 2.05) is 19.9 Å². The van der Waals surface area contributed by atoms with E-state index >= 15 is 0 Å². The number of aliphatic hydroxyl groups excluding tert-OH is 1. The van der Waals surface area contributed by atoms with E-state index in [0.717, 1.165) is 5.56 Å². The maximum Gasteiger partial charge on any atom is 0.0950 e. The Morgan fingerprint density at radius 1 is 1.58 bits per heavy atom. The molecule has 0 aliphatic heterocycles. The fourth-order valence-electron chi connectivity index (χ4n) is 1.10. The zero-order chi connectivity index (χ0) is 8.97. The van der Waals surface area contributed by atoms with Crippen LogP contribution in [0.15, 0.2) is 23.0 Å². The molecule has 1 heterocycles. The molecule has 2 atom stereocenters. The van der Waals surface area contributed by atoms with Crippen molar-refractivity contribution in [1.29, 1.82) is 0 Å². The Morgan fingerprint density at radius 2 is 2.33 bits per heavy atom. The van der Waals surface area contributed by atoms with Crippen molar-refractivity contribution in [3.63, 3.8) is 0 Å². The molecule has 12 heavy (non-hydrogen) atoms. The predicted molar refractivity (Wildman–Crippen MR) is 46.8 cm³/mol. The molecule has 0 aliphatic rings. The maximum atomic E-state index is 8.80. The Labute approximate surface area is 72.4 Å². The number of rotatable bonds is 4. The molecular weight excluding hydrogens is 154 g/mol. The summed E-state index contributed by atoms with van der Waals surface area (Å²) in [7, 11) is 0. The molecule has 0 aromatic carbocycles. The van der Waals surface area contributed by atoms with E-state index < -0.39 is 0 Å². The van der Waals surface area contributed by atoms with Crippen LogP contribution in [0.1, 0.15) is 25.5 Å². The number of furan rings is 1. The molecule has 3 heteroatoms.